The minimum atomic E-state index is -3.69. The van der Waals surface area contributed by atoms with Gasteiger partial charge in [-0.2, -0.15) is 0 Å². The average Bonchev–Trinajstić information content (AvgIpc) is 2.56. The molecule has 1 atom stereocenters. The highest BCUT2D eigenvalue weighted by molar-refractivity contribution is 7.88. The van der Waals surface area contributed by atoms with E-state index in [1.807, 2.05) is 0 Å². The standard InChI is InChI=1S/C17H18FNO4S/c1-12(13-6-7-16-17(10-13)23-9-8-22-16)19-24(20,21)11-14-4-2-3-5-15(14)18/h2-7,10,12,19H,8-9,11H2,1H3. The van der Waals surface area contributed by atoms with Crippen molar-refractivity contribution in [3.63, 3.8) is 0 Å². The van der Waals surface area contributed by atoms with Gasteiger partial charge in [0.15, 0.2) is 11.5 Å². The molecule has 1 aliphatic heterocycles. The van der Waals surface area contributed by atoms with E-state index < -0.39 is 27.6 Å². The molecule has 0 amide bonds. The highest BCUT2D eigenvalue weighted by Gasteiger charge is 2.20. The van der Waals surface area contributed by atoms with E-state index in [-0.39, 0.29) is 5.56 Å². The summed E-state index contributed by atoms with van der Waals surface area (Å²) >= 11 is 0. The molecule has 1 unspecified atom stereocenters. The zero-order chi connectivity index (χ0) is 17.2. The maximum atomic E-state index is 13.6. The number of rotatable bonds is 5. The third-order valence-electron chi connectivity index (χ3n) is 3.73. The number of hydrogen-bond acceptors (Lipinski definition) is 4. The fraction of sp³-hybridized carbons (Fsp3) is 0.294. The molecule has 5 nitrogen and oxygen atoms in total. The fourth-order valence-corrected chi connectivity index (χ4v) is 3.93. The largest absolute Gasteiger partial charge is 0.486 e. The summed E-state index contributed by atoms with van der Waals surface area (Å²) < 4.78 is 51.7. The lowest BCUT2D eigenvalue weighted by atomic mass is 10.1. The predicted molar refractivity (Wildman–Crippen MR) is 88.0 cm³/mol. The Hall–Kier alpha value is -2.12. The van der Waals surface area contributed by atoms with Crippen molar-refractivity contribution in [2.45, 2.75) is 18.7 Å². The second-order valence-corrected chi connectivity index (χ2v) is 7.35. The van der Waals surface area contributed by atoms with Crippen molar-refractivity contribution in [3.8, 4) is 11.5 Å². The van der Waals surface area contributed by atoms with E-state index in [2.05, 4.69) is 4.72 Å². The molecular formula is C17H18FNO4S. The first-order valence-corrected chi connectivity index (χ1v) is 9.23. The van der Waals surface area contributed by atoms with Gasteiger partial charge in [-0.05, 0) is 30.7 Å². The lowest BCUT2D eigenvalue weighted by Gasteiger charge is -2.21. The van der Waals surface area contributed by atoms with E-state index in [0.29, 0.717) is 24.7 Å². The van der Waals surface area contributed by atoms with Crippen LogP contribution in [0.3, 0.4) is 0 Å². The van der Waals surface area contributed by atoms with Gasteiger partial charge in [0.05, 0.1) is 5.75 Å². The molecule has 2 aromatic carbocycles. The number of hydrogen-bond donors (Lipinski definition) is 1. The van der Waals surface area contributed by atoms with Crippen LogP contribution in [0.5, 0.6) is 11.5 Å². The normalized spacial score (nSPS) is 15.1. The minimum absolute atomic E-state index is 0.138. The van der Waals surface area contributed by atoms with Crippen molar-refractivity contribution >= 4 is 10.0 Å². The van der Waals surface area contributed by atoms with Crippen LogP contribution in [-0.4, -0.2) is 21.6 Å². The summed E-state index contributed by atoms with van der Waals surface area (Å²) in [7, 11) is -3.69. The van der Waals surface area contributed by atoms with Crippen molar-refractivity contribution < 1.29 is 22.3 Å². The van der Waals surface area contributed by atoms with Crippen LogP contribution in [0.15, 0.2) is 42.5 Å². The molecular weight excluding hydrogens is 333 g/mol. The van der Waals surface area contributed by atoms with Crippen molar-refractivity contribution in [2.24, 2.45) is 0 Å². The SMILES string of the molecule is CC(NS(=O)(=O)Cc1ccccc1F)c1ccc2c(c1)OCCO2. The van der Waals surface area contributed by atoms with Gasteiger partial charge in [0.2, 0.25) is 10.0 Å². The molecule has 2 aromatic rings. The molecule has 3 rings (SSSR count). The Labute approximate surface area is 140 Å². The van der Waals surface area contributed by atoms with E-state index >= 15 is 0 Å². The van der Waals surface area contributed by atoms with Gasteiger partial charge in [0.1, 0.15) is 19.0 Å². The van der Waals surface area contributed by atoms with Crippen LogP contribution in [0.4, 0.5) is 4.39 Å². The number of halogens is 1. The first kappa shape index (κ1) is 16.7. The van der Waals surface area contributed by atoms with Crippen LogP contribution >= 0.6 is 0 Å². The maximum Gasteiger partial charge on any atom is 0.216 e. The highest BCUT2D eigenvalue weighted by Crippen LogP contribution is 2.32. The molecule has 0 radical (unpaired) electrons. The average molecular weight is 351 g/mol. The number of sulfonamides is 1. The van der Waals surface area contributed by atoms with Crippen molar-refractivity contribution in [2.75, 3.05) is 13.2 Å². The zero-order valence-electron chi connectivity index (χ0n) is 13.2. The van der Waals surface area contributed by atoms with Gasteiger partial charge >= 0.3 is 0 Å². The number of benzene rings is 2. The predicted octanol–water partition coefficient (Wildman–Crippen LogP) is 2.78. The summed E-state index contributed by atoms with van der Waals surface area (Å²) in [6, 6.07) is 10.7. The van der Waals surface area contributed by atoms with Crippen LogP contribution in [0.25, 0.3) is 0 Å². The van der Waals surface area contributed by atoms with Crippen LogP contribution in [0.1, 0.15) is 24.1 Å². The Bertz CT molecular complexity index is 838. The summed E-state index contributed by atoms with van der Waals surface area (Å²) in [6.07, 6.45) is 0. The molecule has 0 fully saturated rings. The van der Waals surface area contributed by atoms with Crippen molar-refractivity contribution in [1.29, 1.82) is 0 Å². The first-order chi connectivity index (χ1) is 11.4. The smallest absolute Gasteiger partial charge is 0.216 e. The Balaban J connectivity index is 1.74. The molecule has 1 heterocycles. The third kappa shape index (κ3) is 3.85. The lowest BCUT2D eigenvalue weighted by molar-refractivity contribution is 0.171. The fourth-order valence-electron chi connectivity index (χ4n) is 2.53. The monoisotopic (exact) mass is 351 g/mol. The molecule has 0 saturated carbocycles. The summed E-state index contributed by atoms with van der Waals surface area (Å²) in [5, 5.41) is 0. The molecule has 1 aliphatic rings. The number of fused-ring (bicyclic) bond motifs is 1. The summed E-state index contributed by atoms with van der Waals surface area (Å²) in [5.74, 6) is 0.300. The zero-order valence-corrected chi connectivity index (χ0v) is 14.0. The van der Waals surface area contributed by atoms with Gasteiger partial charge in [-0.3, -0.25) is 0 Å². The Morgan fingerprint density at radius 2 is 1.83 bits per heavy atom. The van der Waals surface area contributed by atoms with E-state index in [4.69, 9.17) is 9.47 Å². The summed E-state index contributed by atoms with van der Waals surface area (Å²) in [4.78, 5) is 0. The van der Waals surface area contributed by atoms with Gasteiger partial charge in [0.25, 0.3) is 0 Å². The Morgan fingerprint density at radius 3 is 2.58 bits per heavy atom. The van der Waals surface area contributed by atoms with Crippen LogP contribution in [-0.2, 0) is 15.8 Å². The van der Waals surface area contributed by atoms with Crippen LogP contribution < -0.4 is 14.2 Å². The molecule has 0 bridgehead atoms. The van der Waals surface area contributed by atoms with E-state index in [1.54, 1.807) is 31.2 Å². The molecule has 128 valence electrons. The van der Waals surface area contributed by atoms with Crippen LogP contribution in [0.2, 0.25) is 0 Å². The van der Waals surface area contributed by atoms with Crippen molar-refractivity contribution in [3.05, 3.63) is 59.4 Å². The van der Waals surface area contributed by atoms with Crippen molar-refractivity contribution in [1.82, 2.24) is 4.72 Å². The molecule has 0 aromatic heterocycles. The Morgan fingerprint density at radius 1 is 1.12 bits per heavy atom. The van der Waals surface area contributed by atoms with Gasteiger partial charge in [-0.15, -0.1) is 0 Å². The second kappa shape index (κ2) is 6.78. The molecule has 0 saturated heterocycles. The highest BCUT2D eigenvalue weighted by atomic mass is 32.2. The van der Waals surface area contributed by atoms with Gasteiger partial charge < -0.3 is 9.47 Å². The van der Waals surface area contributed by atoms with Gasteiger partial charge in [0, 0.05) is 11.6 Å². The topological polar surface area (TPSA) is 64.6 Å². The molecule has 24 heavy (non-hydrogen) atoms. The molecule has 1 N–H and O–H groups in total. The molecule has 0 aliphatic carbocycles. The van der Waals surface area contributed by atoms with E-state index in [1.165, 1.54) is 18.2 Å². The molecule has 0 spiro atoms. The third-order valence-corrected chi connectivity index (χ3v) is 5.13. The maximum absolute atomic E-state index is 13.6. The molecule has 7 heteroatoms. The number of nitrogens with one attached hydrogen (secondary N) is 1. The first-order valence-electron chi connectivity index (χ1n) is 7.57. The minimum Gasteiger partial charge on any atom is -0.486 e. The summed E-state index contributed by atoms with van der Waals surface area (Å²) in [5.41, 5.74) is 0.885. The Kier molecular flexibility index (Phi) is 4.73. The second-order valence-electron chi connectivity index (χ2n) is 5.59. The van der Waals surface area contributed by atoms with E-state index in [9.17, 15) is 12.8 Å². The van der Waals surface area contributed by atoms with Gasteiger partial charge in [-0.1, -0.05) is 24.3 Å². The van der Waals surface area contributed by atoms with Gasteiger partial charge in [-0.25, -0.2) is 17.5 Å². The van der Waals surface area contributed by atoms with Crippen LogP contribution in [0, 0.1) is 5.82 Å². The lowest BCUT2D eigenvalue weighted by Crippen LogP contribution is -2.28. The van der Waals surface area contributed by atoms with E-state index in [0.717, 1.165) is 5.56 Å². The quantitative estimate of drug-likeness (QED) is 0.900. The summed E-state index contributed by atoms with van der Waals surface area (Å²) in [6.45, 7) is 2.69. The number of ether oxygens (including phenoxy) is 2.